The summed E-state index contributed by atoms with van der Waals surface area (Å²) in [5.74, 6) is -1.78. The van der Waals surface area contributed by atoms with Crippen LogP contribution in [-0.4, -0.2) is 55.5 Å². The fourth-order valence-corrected chi connectivity index (χ4v) is 4.21. The number of carboxylic acids is 1. The normalized spacial score (nSPS) is 14.9. The van der Waals surface area contributed by atoms with Crippen molar-refractivity contribution in [1.82, 2.24) is 10.6 Å². The average molecular weight is 469 g/mol. The largest absolute Gasteiger partial charge is 0.480 e. The van der Waals surface area contributed by atoms with Gasteiger partial charge in [-0.2, -0.15) is 0 Å². The minimum Gasteiger partial charge on any atom is -0.480 e. The summed E-state index contributed by atoms with van der Waals surface area (Å²) in [4.78, 5) is 36.1. The van der Waals surface area contributed by atoms with Crippen LogP contribution in [0.1, 0.15) is 43.7 Å². The molecule has 2 unspecified atom stereocenters. The van der Waals surface area contributed by atoms with Crippen molar-refractivity contribution in [3.05, 3.63) is 59.7 Å². The number of carboxylic acid groups (broad SMARTS) is 1. The lowest BCUT2D eigenvalue weighted by Crippen LogP contribution is -2.46. The number of amides is 2. The van der Waals surface area contributed by atoms with Crippen molar-refractivity contribution in [1.29, 1.82) is 0 Å². The molecule has 182 valence electrons. The monoisotopic (exact) mass is 468 g/mol. The molecule has 1 aliphatic carbocycles. The maximum atomic E-state index is 12.4. The number of nitrogens with one attached hydrogen (secondary N) is 2. The van der Waals surface area contributed by atoms with Crippen LogP contribution >= 0.6 is 0 Å². The van der Waals surface area contributed by atoms with E-state index in [1.54, 1.807) is 6.92 Å². The summed E-state index contributed by atoms with van der Waals surface area (Å²) in [6.07, 6.45) is -0.687. The fraction of sp³-hybridized carbons (Fsp3) is 0.423. The molecule has 3 rings (SSSR count). The van der Waals surface area contributed by atoms with Gasteiger partial charge in [-0.25, -0.2) is 9.59 Å². The lowest BCUT2D eigenvalue weighted by Gasteiger charge is -2.22. The third kappa shape index (κ3) is 5.94. The fourth-order valence-electron chi connectivity index (χ4n) is 4.21. The van der Waals surface area contributed by atoms with Crippen LogP contribution in [0.4, 0.5) is 4.79 Å². The van der Waals surface area contributed by atoms with Gasteiger partial charge in [-0.15, -0.1) is 0 Å². The van der Waals surface area contributed by atoms with E-state index in [4.69, 9.17) is 9.47 Å². The topological polar surface area (TPSA) is 114 Å². The molecule has 0 aromatic heterocycles. The average Bonchev–Trinajstić information content (AvgIpc) is 3.16. The van der Waals surface area contributed by atoms with Crippen molar-refractivity contribution >= 4 is 18.0 Å². The van der Waals surface area contributed by atoms with Gasteiger partial charge in [-0.1, -0.05) is 68.8 Å². The Morgan fingerprint density at radius 2 is 1.62 bits per heavy atom. The summed E-state index contributed by atoms with van der Waals surface area (Å²) < 4.78 is 10.8. The van der Waals surface area contributed by atoms with Gasteiger partial charge in [0.05, 0.1) is 12.5 Å². The van der Waals surface area contributed by atoms with Crippen molar-refractivity contribution < 1.29 is 29.0 Å². The number of aliphatic carboxylic acids is 1. The number of rotatable bonds is 11. The second-order valence-electron chi connectivity index (χ2n) is 8.54. The molecular formula is C26H32N2O6. The molecule has 0 heterocycles. The molecule has 34 heavy (non-hydrogen) atoms. The highest BCUT2D eigenvalue weighted by atomic mass is 16.5. The number of fused-ring (bicyclic) bond motifs is 3. The minimum absolute atomic E-state index is 0.0457. The molecule has 2 aromatic rings. The molecule has 3 atom stereocenters. The van der Waals surface area contributed by atoms with E-state index in [0.717, 1.165) is 22.3 Å². The second-order valence-corrected chi connectivity index (χ2v) is 8.54. The molecular weight excluding hydrogens is 436 g/mol. The van der Waals surface area contributed by atoms with Crippen LogP contribution in [0.2, 0.25) is 0 Å². The van der Waals surface area contributed by atoms with E-state index in [0.29, 0.717) is 6.42 Å². The SMILES string of the molecule is CCC(C)[C@H](NC(=O)CC(CNC(=O)OCC1c2ccccc2-c2ccccc21)OC)C(=O)O. The molecule has 0 saturated heterocycles. The van der Waals surface area contributed by atoms with Gasteiger partial charge in [0.25, 0.3) is 0 Å². The van der Waals surface area contributed by atoms with E-state index in [9.17, 15) is 19.5 Å². The third-order valence-corrected chi connectivity index (χ3v) is 6.36. The predicted octanol–water partition coefficient (Wildman–Crippen LogP) is 3.55. The number of carbonyl (C=O) groups is 3. The second kappa shape index (κ2) is 11.7. The first-order valence-electron chi connectivity index (χ1n) is 11.5. The highest BCUT2D eigenvalue weighted by Crippen LogP contribution is 2.44. The Balaban J connectivity index is 1.51. The Morgan fingerprint density at radius 1 is 1.03 bits per heavy atom. The summed E-state index contributed by atoms with van der Waals surface area (Å²) in [5, 5.41) is 14.5. The molecule has 2 aromatic carbocycles. The Kier molecular flexibility index (Phi) is 8.65. The van der Waals surface area contributed by atoms with Gasteiger partial charge >= 0.3 is 12.1 Å². The van der Waals surface area contributed by atoms with E-state index in [2.05, 4.69) is 22.8 Å². The lowest BCUT2D eigenvalue weighted by atomic mass is 9.98. The number of methoxy groups -OCH3 is 1. The Hall–Kier alpha value is -3.39. The highest BCUT2D eigenvalue weighted by Gasteiger charge is 2.29. The molecule has 0 bridgehead atoms. The zero-order valence-corrected chi connectivity index (χ0v) is 19.7. The zero-order valence-electron chi connectivity index (χ0n) is 19.7. The van der Waals surface area contributed by atoms with Gasteiger partial charge in [-0.3, -0.25) is 4.79 Å². The summed E-state index contributed by atoms with van der Waals surface area (Å²) in [5.41, 5.74) is 4.54. The minimum atomic E-state index is -1.08. The molecule has 0 fully saturated rings. The molecule has 0 radical (unpaired) electrons. The van der Waals surface area contributed by atoms with Gasteiger partial charge in [0.1, 0.15) is 12.6 Å². The first-order chi connectivity index (χ1) is 16.3. The maximum absolute atomic E-state index is 12.4. The van der Waals surface area contributed by atoms with Crippen molar-refractivity contribution in [3.8, 4) is 11.1 Å². The molecule has 1 aliphatic rings. The zero-order chi connectivity index (χ0) is 24.7. The summed E-state index contributed by atoms with van der Waals surface area (Å²) in [7, 11) is 1.43. The third-order valence-electron chi connectivity index (χ3n) is 6.36. The van der Waals surface area contributed by atoms with Crippen LogP contribution in [0.25, 0.3) is 11.1 Å². The molecule has 0 saturated carbocycles. The van der Waals surface area contributed by atoms with Gasteiger partial charge < -0.3 is 25.2 Å². The van der Waals surface area contributed by atoms with Crippen LogP contribution in [0.15, 0.2) is 48.5 Å². The number of hydrogen-bond acceptors (Lipinski definition) is 5. The highest BCUT2D eigenvalue weighted by molar-refractivity contribution is 5.84. The predicted molar refractivity (Wildman–Crippen MR) is 128 cm³/mol. The number of carbonyl (C=O) groups excluding carboxylic acids is 2. The van der Waals surface area contributed by atoms with Crippen molar-refractivity contribution in [3.63, 3.8) is 0 Å². The van der Waals surface area contributed by atoms with Crippen LogP contribution in [-0.2, 0) is 19.1 Å². The standard InChI is InChI=1S/C26H32N2O6/c1-4-16(2)24(25(30)31)28-23(29)13-17(33-3)14-27-26(32)34-15-22-20-11-7-5-9-18(20)19-10-6-8-12-21(19)22/h5-12,16-17,22,24H,4,13-15H2,1-3H3,(H,27,32)(H,28,29)(H,30,31)/t16?,17?,24-/m0/s1. The number of alkyl carbamates (subject to hydrolysis) is 1. The summed E-state index contributed by atoms with van der Waals surface area (Å²) in [6, 6.07) is 15.2. The van der Waals surface area contributed by atoms with Gasteiger partial charge in [0, 0.05) is 19.6 Å². The maximum Gasteiger partial charge on any atom is 0.407 e. The molecule has 8 nitrogen and oxygen atoms in total. The Bertz CT molecular complexity index is 978. The van der Waals surface area contributed by atoms with Crippen molar-refractivity contribution in [2.45, 2.75) is 44.8 Å². The Morgan fingerprint density at radius 3 is 2.15 bits per heavy atom. The number of benzene rings is 2. The number of hydrogen-bond donors (Lipinski definition) is 3. The van der Waals surface area contributed by atoms with E-state index in [1.807, 2.05) is 43.3 Å². The van der Waals surface area contributed by atoms with E-state index in [1.165, 1.54) is 7.11 Å². The van der Waals surface area contributed by atoms with Crippen LogP contribution < -0.4 is 10.6 Å². The lowest BCUT2D eigenvalue weighted by molar-refractivity contribution is -0.143. The molecule has 0 aliphatic heterocycles. The quantitative estimate of drug-likeness (QED) is 0.465. The first kappa shape index (κ1) is 25.2. The summed E-state index contributed by atoms with van der Waals surface area (Å²) >= 11 is 0. The van der Waals surface area contributed by atoms with Gasteiger partial charge in [0.2, 0.25) is 5.91 Å². The van der Waals surface area contributed by atoms with Crippen molar-refractivity contribution in [2.24, 2.45) is 5.92 Å². The van der Waals surface area contributed by atoms with E-state index in [-0.39, 0.29) is 31.4 Å². The van der Waals surface area contributed by atoms with Gasteiger partial charge in [-0.05, 0) is 28.2 Å². The number of ether oxygens (including phenoxy) is 2. The molecule has 2 amide bonds. The van der Waals surface area contributed by atoms with E-state index >= 15 is 0 Å². The Labute approximate surface area is 199 Å². The smallest absolute Gasteiger partial charge is 0.407 e. The molecule has 3 N–H and O–H groups in total. The molecule has 8 heteroatoms. The molecule has 0 spiro atoms. The van der Waals surface area contributed by atoms with E-state index < -0.39 is 30.1 Å². The van der Waals surface area contributed by atoms with Gasteiger partial charge in [0.15, 0.2) is 0 Å². The van der Waals surface area contributed by atoms with Crippen LogP contribution in [0.3, 0.4) is 0 Å². The van der Waals surface area contributed by atoms with Crippen LogP contribution in [0, 0.1) is 5.92 Å². The van der Waals surface area contributed by atoms with Crippen LogP contribution in [0.5, 0.6) is 0 Å². The summed E-state index contributed by atoms with van der Waals surface area (Å²) in [6.45, 7) is 3.88. The van der Waals surface area contributed by atoms with Crippen molar-refractivity contribution in [2.75, 3.05) is 20.3 Å². The first-order valence-corrected chi connectivity index (χ1v) is 11.5.